The summed E-state index contributed by atoms with van der Waals surface area (Å²) in [5.74, 6) is 0. The van der Waals surface area contributed by atoms with Crippen LogP contribution in [0.15, 0.2) is 36.4 Å². The van der Waals surface area contributed by atoms with Crippen molar-refractivity contribution in [1.29, 1.82) is 0 Å². The average molecular weight is 464 g/mol. The van der Waals surface area contributed by atoms with E-state index >= 15 is 0 Å². The van der Waals surface area contributed by atoms with Gasteiger partial charge in [-0.25, -0.2) is 17.7 Å². The number of hydrogen-bond donors (Lipinski definition) is 0. The van der Waals surface area contributed by atoms with Crippen molar-refractivity contribution < 1.29 is 50.7 Å². The van der Waals surface area contributed by atoms with Crippen LogP contribution in [-0.4, -0.2) is 0 Å². The van der Waals surface area contributed by atoms with E-state index in [4.69, 9.17) is 0 Å². The van der Waals surface area contributed by atoms with Crippen LogP contribution in [0.3, 0.4) is 0 Å². The molecule has 0 saturated carbocycles. The molecule has 0 fully saturated rings. The standard InChI is InChI=1S/C9H13.C7H9.2ClH.Hf/c1-3-8-5-6-9(4-2)7-8;1-6-3-4-7(2)5-6;;;/h5-7H,3-4H2,1-2H3;3-5H,1-2H3;2*1H;/q2*-1;;;+4/p-2. The Bertz CT molecular complexity index is 381. The van der Waals surface area contributed by atoms with Crippen molar-refractivity contribution in [2.45, 2.75) is 40.5 Å². The normalized spacial score (nSPS) is 8.21. The van der Waals surface area contributed by atoms with E-state index < -0.39 is 0 Å². The first-order valence-corrected chi connectivity index (χ1v) is 6.10. The number of hydrogen-bond acceptors (Lipinski definition) is 0. The Hall–Kier alpha value is 0.150. The largest absolute Gasteiger partial charge is 4.00 e. The third-order valence-corrected chi connectivity index (χ3v) is 2.76. The number of rotatable bonds is 2. The third-order valence-electron chi connectivity index (χ3n) is 2.76. The molecule has 0 aliphatic carbocycles. The second kappa shape index (κ2) is 13.1. The molecule has 0 amide bonds. The second-order valence-corrected chi connectivity index (χ2v) is 4.30. The molecule has 0 bridgehead atoms. The van der Waals surface area contributed by atoms with Crippen molar-refractivity contribution in [2.24, 2.45) is 0 Å². The fourth-order valence-electron chi connectivity index (χ4n) is 1.71. The predicted octanol–water partition coefficient (Wildman–Crippen LogP) is -1.44. The number of aryl methyl sites for hydroxylation is 4. The van der Waals surface area contributed by atoms with Gasteiger partial charge in [0.2, 0.25) is 0 Å². The zero-order valence-electron chi connectivity index (χ0n) is 12.1. The fraction of sp³-hybridized carbons (Fsp3) is 0.375. The molecule has 0 spiro atoms. The molecule has 0 aromatic heterocycles. The van der Waals surface area contributed by atoms with E-state index in [2.05, 4.69) is 64.1 Å². The Morgan fingerprint density at radius 3 is 1.84 bits per heavy atom. The quantitative estimate of drug-likeness (QED) is 0.378. The molecule has 0 saturated heterocycles. The maximum absolute atomic E-state index is 2.28. The van der Waals surface area contributed by atoms with E-state index in [0.29, 0.717) is 0 Å². The molecular formula is C16H22Cl2Hf. The summed E-state index contributed by atoms with van der Waals surface area (Å²) in [4.78, 5) is 0. The first-order chi connectivity index (χ1) is 7.65. The summed E-state index contributed by atoms with van der Waals surface area (Å²) >= 11 is 0. The SMILES string of the molecule is CCc1cc[c-](CC)c1.Cc1cc[c-](C)c1.[Cl-].[Cl-].[Hf+4]. The van der Waals surface area contributed by atoms with Crippen molar-refractivity contribution in [3.8, 4) is 0 Å². The van der Waals surface area contributed by atoms with Gasteiger partial charge in [0.1, 0.15) is 0 Å². The van der Waals surface area contributed by atoms with Crippen molar-refractivity contribution in [3.05, 3.63) is 58.7 Å². The van der Waals surface area contributed by atoms with Crippen molar-refractivity contribution in [2.75, 3.05) is 0 Å². The van der Waals surface area contributed by atoms with Crippen molar-refractivity contribution >= 4 is 0 Å². The van der Waals surface area contributed by atoms with Crippen LogP contribution < -0.4 is 24.8 Å². The molecule has 2 aromatic carbocycles. The van der Waals surface area contributed by atoms with Crippen molar-refractivity contribution in [3.63, 3.8) is 0 Å². The zero-order chi connectivity index (χ0) is 12.0. The molecule has 2 rings (SSSR count). The smallest absolute Gasteiger partial charge is 1.00 e. The van der Waals surface area contributed by atoms with Crippen LogP contribution in [0, 0.1) is 13.8 Å². The molecule has 0 heterocycles. The summed E-state index contributed by atoms with van der Waals surface area (Å²) in [7, 11) is 0. The Labute approximate surface area is 149 Å². The van der Waals surface area contributed by atoms with E-state index in [1.54, 1.807) is 0 Å². The van der Waals surface area contributed by atoms with E-state index in [1.807, 2.05) is 0 Å². The maximum atomic E-state index is 2.28. The van der Waals surface area contributed by atoms with Gasteiger partial charge in [-0.3, -0.25) is 0 Å². The van der Waals surface area contributed by atoms with E-state index in [-0.39, 0.29) is 50.7 Å². The molecule has 0 aliphatic heterocycles. The monoisotopic (exact) mass is 464 g/mol. The molecule has 0 unspecified atom stereocenters. The van der Waals surface area contributed by atoms with Crippen LogP contribution in [0.25, 0.3) is 0 Å². The van der Waals surface area contributed by atoms with Crippen LogP contribution in [0.4, 0.5) is 0 Å². The first-order valence-electron chi connectivity index (χ1n) is 6.10. The van der Waals surface area contributed by atoms with Crippen LogP contribution in [0.2, 0.25) is 0 Å². The summed E-state index contributed by atoms with van der Waals surface area (Å²) in [6.07, 6.45) is 2.33. The van der Waals surface area contributed by atoms with E-state index in [9.17, 15) is 0 Å². The summed E-state index contributed by atoms with van der Waals surface area (Å²) < 4.78 is 0. The van der Waals surface area contributed by atoms with Gasteiger partial charge in [-0.2, -0.15) is 41.0 Å². The molecule has 3 heteroatoms. The Morgan fingerprint density at radius 1 is 1.00 bits per heavy atom. The van der Waals surface area contributed by atoms with Gasteiger partial charge in [0.25, 0.3) is 0 Å². The predicted molar refractivity (Wildman–Crippen MR) is 72.3 cm³/mol. The Morgan fingerprint density at radius 2 is 1.63 bits per heavy atom. The molecule has 2 aromatic rings. The Kier molecular flexibility index (Phi) is 16.7. The van der Waals surface area contributed by atoms with Crippen LogP contribution in [-0.2, 0) is 38.7 Å². The number of halogens is 2. The van der Waals surface area contributed by atoms with Gasteiger partial charge in [-0.1, -0.05) is 40.5 Å². The minimum absolute atomic E-state index is 0. The fourth-order valence-corrected chi connectivity index (χ4v) is 1.71. The summed E-state index contributed by atoms with van der Waals surface area (Å²) in [6.45, 7) is 8.59. The molecule has 0 N–H and O–H groups in total. The maximum Gasteiger partial charge on any atom is 4.00 e. The van der Waals surface area contributed by atoms with Gasteiger partial charge >= 0.3 is 25.8 Å². The summed E-state index contributed by atoms with van der Waals surface area (Å²) in [6, 6.07) is 13.1. The molecule has 104 valence electrons. The van der Waals surface area contributed by atoms with Crippen LogP contribution in [0.5, 0.6) is 0 Å². The molecule has 19 heavy (non-hydrogen) atoms. The Balaban J connectivity index is -0.000000237. The van der Waals surface area contributed by atoms with Crippen LogP contribution in [0.1, 0.15) is 36.1 Å². The summed E-state index contributed by atoms with van der Waals surface area (Å²) in [5.41, 5.74) is 5.65. The minimum Gasteiger partial charge on any atom is -1.00 e. The first kappa shape index (κ1) is 24.2. The van der Waals surface area contributed by atoms with E-state index in [0.717, 1.165) is 0 Å². The zero-order valence-corrected chi connectivity index (χ0v) is 17.2. The van der Waals surface area contributed by atoms with Gasteiger partial charge in [0.15, 0.2) is 0 Å². The van der Waals surface area contributed by atoms with Gasteiger partial charge in [-0.05, 0) is 0 Å². The van der Waals surface area contributed by atoms with Gasteiger partial charge in [0.05, 0.1) is 0 Å². The van der Waals surface area contributed by atoms with Crippen molar-refractivity contribution in [1.82, 2.24) is 0 Å². The molecule has 0 atom stereocenters. The summed E-state index contributed by atoms with van der Waals surface area (Å²) in [5, 5.41) is 0. The molecule has 0 radical (unpaired) electrons. The van der Waals surface area contributed by atoms with Gasteiger partial charge in [-0.15, -0.1) is 0 Å². The van der Waals surface area contributed by atoms with E-state index in [1.165, 1.54) is 35.1 Å². The van der Waals surface area contributed by atoms with Gasteiger partial charge < -0.3 is 24.8 Å². The van der Waals surface area contributed by atoms with Crippen LogP contribution >= 0.6 is 0 Å². The topological polar surface area (TPSA) is 0 Å². The van der Waals surface area contributed by atoms with Gasteiger partial charge in [0, 0.05) is 0 Å². The third kappa shape index (κ3) is 9.65. The molecule has 0 nitrogen and oxygen atoms in total. The minimum atomic E-state index is 0. The average Bonchev–Trinajstić information content (AvgIpc) is 2.88. The second-order valence-electron chi connectivity index (χ2n) is 4.30. The molecular weight excluding hydrogens is 442 g/mol. The molecule has 0 aliphatic rings.